The molecule has 0 radical (unpaired) electrons. The number of nitrogens with zero attached hydrogens (tertiary/aromatic N) is 3. The molecule has 0 saturated heterocycles. The van der Waals surface area contributed by atoms with Gasteiger partial charge in [-0.1, -0.05) is 24.3 Å². The predicted octanol–water partition coefficient (Wildman–Crippen LogP) is 3.34. The lowest BCUT2D eigenvalue weighted by Crippen LogP contribution is -2.01. The minimum atomic E-state index is -1.89. The molecule has 0 spiro atoms. The molecule has 0 aliphatic carbocycles. The Bertz CT molecular complexity index is 1020. The second-order valence-corrected chi connectivity index (χ2v) is 6.64. The summed E-state index contributed by atoms with van der Waals surface area (Å²) in [4.78, 5) is 11.4. The summed E-state index contributed by atoms with van der Waals surface area (Å²) in [5.41, 5.74) is 3.88. The Morgan fingerprint density at radius 1 is 1.19 bits per heavy atom. The molecule has 0 aliphatic rings. The SMILES string of the molecule is CC(=O)c1ccc(-n2nc(C#N)cc2-c2ccc(CS(=O)O)cc2)cc1. The maximum Gasteiger partial charge on any atom is 0.163 e. The number of hydrogen-bond acceptors (Lipinski definition) is 4. The van der Waals surface area contributed by atoms with Gasteiger partial charge in [-0.3, -0.25) is 4.79 Å². The molecule has 130 valence electrons. The second kappa shape index (κ2) is 7.44. The van der Waals surface area contributed by atoms with Crippen LogP contribution in [0, 0.1) is 11.3 Å². The van der Waals surface area contributed by atoms with Crippen LogP contribution < -0.4 is 0 Å². The van der Waals surface area contributed by atoms with Crippen LogP contribution in [0.1, 0.15) is 28.5 Å². The van der Waals surface area contributed by atoms with Crippen molar-refractivity contribution in [2.45, 2.75) is 12.7 Å². The monoisotopic (exact) mass is 365 g/mol. The fraction of sp³-hybridized carbons (Fsp3) is 0.105. The Balaban J connectivity index is 2.02. The Labute approximate surface area is 153 Å². The number of carbonyl (C=O) groups excluding carboxylic acids is 1. The highest BCUT2D eigenvalue weighted by Crippen LogP contribution is 2.25. The van der Waals surface area contributed by atoms with E-state index in [0.717, 1.165) is 16.8 Å². The average molecular weight is 365 g/mol. The molecular weight excluding hydrogens is 350 g/mol. The first-order valence-corrected chi connectivity index (χ1v) is 9.04. The number of Topliss-reactive ketones (excluding diaryl/α,β-unsaturated/α-hetero) is 1. The number of carbonyl (C=O) groups is 1. The predicted molar refractivity (Wildman–Crippen MR) is 98.2 cm³/mol. The zero-order valence-corrected chi connectivity index (χ0v) is 14.7. The highest BCUT2D eigenvalue weighted by Gasteiger charge is 2.12. The average Bonchev–Trinajstić information content (AvgIpc) is 3.06. The molecule has 1 atom stereocenters. The van der Waals surface area contributed by atoms with Crippen molar-refractivity contribution in [1.29, 1.82) is 5.26 Å². The highest BCUT2D eigenvalue weighted by molar-refractivity contribution is 7.78. The van der Waals surface area contributed by atoms with Gasteiger partial charge in [0.2, 0.25) is 0 Å². The lowest BCUT2D eigenvalue weighted by Gasteiger charge is -2.09. The molecule has 1 N–H and O–H groups in total. The molecule has 1 aromatic heterocycles. The van der Waals surface area contributed by atoms with Crippen molar-refractivity contribution in [3.05, 3.63) is 71.4 Å². The molecule has 6 nitrogen and oxygen atoms in total. The normalized spacial score (nSPS) is 11.7. The summed E-state index contributed by atoms with van der Waals surface area (Å²) >= 11 is -1.89. The van der Waals surface area contributed by atoms with Gasteiger partial charge in [0.05, 0.1) is 17.1 Å². The second-order valence-electron chi connectivity index (χ2n) is 5.70. The smallest absolute Gasteiger partial charge is 0.163 e. The van der Waals surface area contributed by atoms with Gasteiger partial charge in [-0.25, -0.2) is 8.89 Å². The molecule has 3 aromatic rings. The number of nitriles is 1. The summed E-state index contributed by atoms with van der Waals surface area (Å²) in [7, 11) is 0. The minimum Gasteiger partial charge on any atom is -0.306 e. The fourth-order valence-electron chi connectivity index (χ4n) is 2.59. The summed E-state index contributed by atoms with van der Waals surface area (Å²) in [6.07, 6.45) is 0. The van der Waals surface area contributed by atoms with E-state index >= 15 is 0 Å². The van der Waals surface area contributed by atoms with Gasteiger partial charge in [0, 0.05) is 17.2 Å². The topological polar surface area (TPSA) is 96.0 Å². The molecule has 1 unspecified atom stereocenters. The number of aromatic nitrogens is 2. The van der Waals surface area contributed by atoms with Gasteiger partial charge in [-0.15, -0.1) is 0 Å². The van der Waals surface area contributed by atoms with Crippen LogP contribution in [0.2, 0.25) is 0 Å². The van der Waals surface area contributed by atoms with E-state index in [0.29, 0.717) is 11.3 Å². The zero-order chi connectivity index (χ0) is 18.7. The van der Waals surface area contributed by atoms with Crippen molar-refractivity contribution in [3.63, 3.8) is 0 Å². The first-order valence-electron chi connectivity index (χ1n) is 7.76. The Morgan fingerprint density at radius 2 is 1.85 bits per heavy atom. The molecule has 2 aromatic carbocycles. The van der Waals surface area contributed by atoms with Gasteiger partial charge >= 0.3 is 0 Å². The molecule has 0 bridgehead atoms. The molecule has 0 saturated carbocycles. The van der Waals surface area contributed by atoms with Crippen LogP contribution in [0.25, 0.3) is 16.9 Å². The van der Waals surface area contributed by atoms with E-state index in [-0.39, 0.29) is 17.2 Å². The summed E-state index contributed by atoms with van der Waals surface area (Å²) in [5.74, 6) is 0.0435. The van der Waals surface area contributed by atoms with Gasteiger partial charge in [0.1, 0.15) is 6.07 Å². The Morgan fingerprint density at radius 3 is 2.38 bits per heavy atom. The van der Waals surface area contributed by atoms with E-state index in [2.05, 4.69) is 5.10 Å². The van der Waals surface area contributed by atoms with Crippen molar-refractivity contribution in [1.82, 2.24) is 9.78 Å². The van der Waals surface area contributed by atoms with Crippen molar-refractivity contribution in [3.8, 4) is 23.0 Å². The maximum absolute atomic E-state index is 11.4. The lowest BCUT2D eigenvalue weighted by atomic mass is 10.1. The molecule has 1 heterocycles. The standard InChI is InChI=1S/C19H15N3O3S/c1-13(23)15-6-8-18(9-7-15)22-19(10-17(11-20)21-22)16-4-2-14(3-5-16)12-26(24)25/h2-10H,12H2,1H3,(H,24,25). The Kier molecular flexibility index (Phi) is 5.07. The van der Waals surface area contributed by atoms with Gasteiger partial charge in [-0.05, 0) is 36.8 Å². The van der Waals surface area contributed by atoms with Crippen molar-refractivity contribution >= 4 is 16.9 Å². The van der Waals surface area contributed by atoms with Crippen LogP contribution in [0.3, 0.4) is 0 Å². The van der Waals surface area contributed by atoms with Crippen LogP contribution in [0.4, 0.5) is 0 Å². The van der Waals surface area contributed by atoms with Gasteiger partial charge in [0.25, 0.3) is 0 Å². The first-order chi connectivity index (χ1) is 12.5. The largest absolute Gasteiger partial charge is 0.306 e. The van der Waals surface area contributed by atoms with Crippen LogP contribution in [0.15, 0.2) is 54.6 Å². The van der Waals surface area contributed by atoms with Crippen LogP contribution >= 0.6 is 0 Å². The third kappa shape index (κ3) is 3.77. The Hall–Kier alpha value is -3.08. The van der Waals surface area contributed by atoms with E-state index in [9.17, 15) is 14.3 Å². The van der Waals surface area contributed by atoms with Gasteiger partial charge in [-0.2, -0.15) is 10.4 Å². The minimum absolute atomic E-state index is 0.0215. The van der Waals surface area contributed by atoms with E-state index in [1.807, 2.05) is 18.2 Å². The molecule has 0 amide bonds. The number of hydrogen-bond donors (Lipinski definition) is 1. The van der Waals surface area contributed by atoms with Gasteiger partial charge in [0.15, 0.2) is 22.6 Å². The van der Waals surface area contributed by atoms with E-state index in [1.54, 1.807) is 47.1 Å². The van der Waals surface area contributed by atoms with E-state index in [1.165, 1.54) is 6.92 Å². The molecule has 0 fully saturated rings. The highest BCUT2D eigenvalue weighted by atomic mass is 32.2. The van der Waals surface area contributed by atoms with Crippen LogP contribution in [-0.4, -0.2) is 24.3 Å². The summed E-state index contributed by atoms with van der Waals surface area (Å²) < 4.78 is 21.5. The first kappa shape index (κ1) is 17.7. The quantitative estimate of drug-likeness (QED) is 0.553. The summed E-state index contributed by atoms with van der Waals surface area (Å²) in [6.45, 7) is 1.50. The molecule has 0 aliphatic heterocycles. The summed E-state index contributed by atoms with van der Waals surface area (Å²) in [5, 5.41) is 13.5. The van der Waals surface area contributed by atoms with Crippen molar-refractivity contribution in [2.24, 2.45) is 0 Å². The van der Waals surface area contributed by atoms with E-state index < -0.39 is 11.1 Å². The maximum atomic E-state index is 11.4. The number of benzene rings is 2. The molecular formula is C19H15N3O3S. The number of rotatable bonds is 5. The fourth-order valence-corrected chi connectivity index (χ4v) is 3.07. The molecule has 3 rings (SSSR count). The van der Waals surface area contributed by atoms with Crippen molar-refractivity contribution in [2.75, 3.05) is 0 Å². The number of ketones is 1. The summed E-state index contributed by atoms with van der Waals surface area (Å²) in [6, 6.07) is 17.9. The van der Waals surface area contributed by atoms with Crippen LogP contribution in [-0.2, 0) is 16.8 Å². The zero-order valence-electron chi connectivity index (χ0n) is 13.9. The molecule has 7 heteroatoms. The lowest BCUT2D eigenvalue weighted by molar-refractivity contribution is 0.101. The van der Waals surface area contributed by atoms with Crippen molar-refractivity contribution < 1.29 is 13.6 Å². The van der Waals surface area contributed by atoms with E-state index in [4.69, 9.17) is 4.55 Å². The van der Waals surface area contributed by atoms with Crippen LogP contribution in [0.5, 0.6) is 0 Å². The third-order valence-corrected chi connectivity index (χ3v) is 4.46. The third-order valence-electron chi connectivity index (χ3n) is 3.88. The molecule has 26 heavy (non-hydrogen) atoms. The van der Waals surface area contributed by atoms with Gasteiger partial charge < -0.3 is 4.55 Å².